The van der Waals surface area contributed by atoms with Gasteiger partial charge < -0.3 is 14.6 Å². The van der Waals surface area contributed by atoms with E-state index in [1.54, 1.807) is 0 Å². The van der Waals surface area contributed by atoms with Gasteiger partial charge in [0.25, 0.3) is 0 Å². The summed E-state index contributed by atoms with van der Waals surface area (Å²) in [5.74, 6) is 3.23. The van der Waals surface area contributed by atoms with Crippen LogP contribution in [0.4, 0.5) is 0 Å². The van der Waals surface area contributed by atoms with Crippen molar-refractivity contribution in [2.45, 2.75) is 13.8 Å². The maximum absolute atomic E-state index is 12.5. The molecule has 13 aromatic rings. The Morgan fingerprint density at radius 3 is 0.723 bits per heavy atom. The average Bonchev–Trinajstić information content (AvgIpc) is 2.13. The number of aryl methyl sites for hydroxylation is 2. The van der Waals surface area contributed by atoms with Crippen molar-refractivity contribution in [2.75, 3.05) is 0 Å². The van der Waals surface area contributed by atoms with Gasteiger partial charge in [0, 0.05) is 0 Å². The van der Waals surface area contributed by atoms with E-state index in [0.717, 1.165) is 134 Å². The largest absolute Gasteiger partial charge is 0.508 e. The smallest absolute Gasteiger partial charge is 0.127 e. The second-order valence-corrected chi connectivity index (χ2v) is 21.0. The number of phenolic OH excluding ortho intramolecular Hbond substituents is 1. The highest BCUT2D eigenvalue weighted by Crippen LogP contribution is 2.54. The highest BCUT2D eigenvalue weighted by atomic mass is 16.5. The molecule has 0 amide bonds. The molecular formula is C80H58O3. The van der Waals surface area contributed by atoms with Crippen LogP contribution in [-0.4, -0.2) is 5.11 Å². The van der Waals surface area contributed by atoms with Crippen LogP contribution in [0, 0.1) is 13.8 Å². The van der Waals surface area contributed by atoms with Gasteiger partial charge in [-0.05, 0) is 204 Å². The minimum Gasteiger partial charge on any atom is -0.508 e. The fraction of sp³-hybridized carbons (Fsp3) is 0.0250. The van der Waals surface area contributed by atoms with E-state index in [0.29, 0.717) is 0 Å². The number of hydrogen-bond acceptors (Lipinski definition) is 3. The molecule has 0 aliphatic carbocycles. The lowest BCUT2D eigenvalue weighted by atomic mass is 9.77. The summed E-state index contributed by atoms with van der Waals surface area (Å²) in [7, 11) is 0. The van der Waals surface area contributed by atoms with Gasteiger partial charge >= 0.3 is 0 Å². The molecule has 0 bridgehead atoms. The van der Waals surface area contributed by atoms with Crippen molar-refractivity contribution in [2.24, 2.45) is 0 Å². The maximum Gasteiger partial charge on any atom is 0.127 e. The van der Waals surface area contributed by atoms with Crippen molar-refractivity contribution < 1.29 is 14.6 Å². The summed E-state index contributed by atoms with van der Waals surface area (Å²) >= 11 is 0. The number of rotatable bonds is 14. The zero-order valence-corrected chi connectivity index (χ0v) is 46.2. The van der Waals surface area contributed by atoms with Crippen molar-refractivity contribution in [3.63, 3.8) is 0 Å². The Kier molecular flexibility index (Phi) is 14.4. The van der Waals surface area contributed by atoms with E-state index in [9.17, 15) is 5.11 Å². The first kappa shape index (κ1) is 51.7. The summed E-state index contributed by atoms with van der Waals surface area (Å²) in [5.41, 5.74) is 23.0. The first-order chi connectivity index (χ1) is 40.9. The van der Waals surface area contributed by atoms with Crippen LogP contribution in [0.25, 0.3) is 111 Å². The Bertz CT molecular complexity index is 4070. The standard InChI is InChI=1S/C80H58O3/c1-54-33-41-67(42-34-54)82-69-45-37-62(38-46-69)77-71(56-21-9-3-10-22-56)52-73(75(58-25-13-5-14-26-58)79(77)60-29-17-7-18-30-60)64-49-65(51-66(81)50-64)74-53-72(57-23-11-4-12-24-57)78(63-39-47-70(48-40-63)83-68-43-35-55(2)36-44-68)80(61-31-19-8-20-32-61)76(74)59-27-15-6-16-28-59/h3-53,81H,1-2H3. The lowest BCUT2D eigenvalue weighted by Gasteiger charge is -2.26. The zero-order chi connectivity index (χ0) is 56.1. The lowest BCUT2D eigenvalue weighted by Crippen LogP contribution is -1.99. The van der Waals surface area contributed by atoms with Crippen LogP contribution in [0.15, 0.2) is 309 Å². The van der Waals surface area contributed by atoms with Gasteiger partial charge in [0.2, 0.25) is 0 Å². The SMILES string of the molecule is Cc1ccc(Oc2ccc(-c3c(-c4ccccc4)cc(-c4cc(O)cc(-c5cc(-c6ccccc6)c(-c6ccc(Oc7ccc(C)cc7)cc6)c(-c6ccccc6)c5-c5ccccc5)c4)c(-c4ccccc4)c3-c3ccccc3)cc2)cc1. The number of ether oxygens (including phenoxy) is 2. The Labute approximate surface area is 486 Å². The summed E-state index contributed by atoms with van der Waals surface area (Å²) in [4.78, 5) is 0. The van der Waals surface area contributed by atoms with Crippen molar-refractivity contribution >= 4 is 0 Å². The molecule has 0 spiro atoms. The number of benzene rings is 13. The summed E-state index contributed by atoms with van der Waals surface area (Å²) < 4.78 is 12.8. The average molecular weight is 1070 g/mol. The van der Waals surface area contributed by atoms with Crippen LogP contribution < -0.4 is 9.47 Å². The van der Waals surface area contributed by atoms with Gasteiger partial charge in [-0.2, -0.15) is 0 Å². The van der Waals surface area contributed by atoms with E-state index in [2.05, 4.69) is 287 Å². The normalized spacial score (nSPS) is 11.1. The Hall–Kier alpha value is -10.7. The van der Waals surface area contributed by atoms with E-state index in [1.165, 1.54) is 11.1 Å². The van der Waals surface area contributed by atoms with E-state index in [4.69, 9.17) is 9.47 Å². The molecule has 0 radical (unpaired) electrons. The van der Waals surface area contributed by atoms with E-state index >= 15 is 0 Å². The lowest BCUT2D eigenvalue weighted by molar-refractivity contribution is 0.476. The van der Waals surface area contributed by atoms with Gasteiger partial charge in [0.05, 0.1) is 0 Å². The fourth-order valence-electron chi connectivity index (χ4n) is 11.5. The molecule has 396 valence electrons. The molecule has 0 fully saturated rings. The second-order valence-electron chi connectivity index (χ2n) is 21.0. The van der Waals surface area contributed by atoms with Gasteiger partial charge in [-0.1, -0.05) is 242 Å². The van der Waals surface area contributed by atoms with Gasteiger partial charge in [-0.25, -0.2) is 0 Å². The van der Waals surface area contributed by atoms with Gasteiger partial charge in [0.15, 0.2) is 0 Å². The van der Waals surface area contributed by atoms with E-state index < -0.39 is 0 Å². The molecule has 0 atom stereocenters. The first-order valence-electron chi connectivity index (χ1n) is 28.2. The minimum absolute atomic E-state index is 0.155. The summed E-state index contributed by atoms with van der Waals surface area (Å²) in [6.45, 7) is 4.16. The molecule has 3 heteroatoms. The third-order valence-corrected chi connectivity index (χ3v) is 15.4. The first-order valence-corrected chi connectivity index (χ1v) is 28.2. The van der Waals surface area contributed by atoms with Crippen LogP contribution in [0.1, 0.15) is 11.1 Å². The van der Waals surface area contributed by atoms with Crippen LogP contribution in [0.3, 0.4) is 0 Å². The van der Waals surface area contributed by atoms with Crippen molar-refractivity contribution in [3.05, 3.63) is 321 Å². The molecule has 0 heterocycles. The Morgan fingerprint density at radius 2 is 0.434 bits per heavy atom. The van der Waals surface area contributed by atoms with Crippen molar-refractivity contribution in [1.29, 1.82) is 0 Å². The molecule has 3 nitrogen and oxygen atoms in total. The van der Waals surface area contributed by atoms with Gasteiger partial charge in [0.1, 0.15) is 28.7 Å². The maximum atomic E-state index is 12.5. The quantitative estimate of drug-likeness (QED) is 0.118. The summed E-state index contributed by atoms with van der Waals surface area (Å²) in [5, 5.41) is 12.5. The Morgan fingerprint density at radius 1 is 0.205 bits per heavy atom. The predicted molar refractivity (Wildman–Crippen MR) is 345 cm³/mol. The van der Waals surface area contributed by atoms with Crippen LogP contribution >= 0.6 is 0 Å². The number of hydrogen-bond donors (Lipinski definition) is 1. The molecule has 0 unspecified atom stereocenters. The van der Waals surface area contributed by atoms with Crippen LogP contribution in [-0.2, 0) is 0 Å². The second kappa shape index (κ2) is 23.2. The molecule has 0 aliphatic rings. The molecule has 0 aromatic heterocycles. The van der Waals surface area contributed by atoms with Gasteiger partial charge in [-0.15, -0.1) is 0 Å². The fourth-order valence-corrected chi connectivity index (χ4v) is 11.5. The van der Waals surface area contributed by atoms with E-state index in [1.807, 2.05) is 36.4 Å². The van der Waals surface area contributed by atoms with Crippen molar-refractivity contribution in [3.8, 4) is 140 Å². The Balaban J connectivity index is 1.08. The minimum atomic E-state index is 0.155. The molecule has 0 saturated carbocycles. The molecule has 83 heavy (non-hydrogen) atoms. The zero-order valence-electron chi connectivity index (χ0n) is 46.2. The highest BCUT2D eigenvalue weighted by Gasteiger charge is 2.27. The molecule has 13 aromatic carbocycles. The van der Waals surface area contributed by atoms with Crippen LogP contribution in [0.5, 0.6) is 28.7 Å². The van der Waals surface area contributed by atoms with Gasteiger partial charge in [-0.3, -0.25) is 0 Å². The van der Waals surface area contributed by atoms with Crippen molar-refractivity contribution in [1.82, 2.24) is 0 Å². The molecular weight excluding hydrogens is 1010 g/mol. The van der Waals surface area contributed by atoms with Crippen LogP contribution in [0.2, 0.25) is 0 Å². The summed E-state index contributed by atoms with van der Waals surface area (Å²) in [6, 6.07) is 108. The third kappa shape index (κ3) is 10.9. The third-order valence-electron chi connectivity index (χ3n) is 15.4. The molecule has 0 aliphatic heterocycles. The predicted octanol–water partition coefficient (Wildman–Crippen LogP) is 22.3. The molecule has 1 N–H and O–H groups in total. The number of phenols is 1. The summed E-state index contributed by atoms with van der Waals surface area (Å²) in [6.07, 6.45) is 0. The number of aromatic hydroxyl groups is 1. The molecule has 13 rings (SSSR count). The highest BCUT2D eigenvalue weighted by molar-refractivity contribution is 6.10. The topological polar surface area (TPSA) is 38.7 Å². The van der Waals surface area contributed by atoms with E-state index in [-0.39, 0.29) is 5.75 Å². The molecule has 0 saturated heterocycles. The monoisotopic (exact) mass is 1070 g/mol.